The minimum Gasteiger partial charge on any atom is -0.398 e. The molecule has 1 aromatic carbocycles. The van der Waals surface area contributed by atoms with E-state index >= 15 is 0 Å². The van der Waals surface area contributed by atoms with Gasteiger partial charge >= 0.3 is 0 Å². The van der Waals surface area contributed by atoms with Crippen molar-refractivity contribution in [2.45, 2.75) is 19.4 Å². The molecule has 0 saturated heterocycles. The van der Waals surface area contributed by atoms with E-state index in [1.54, 1.807) is 11.3 Å². The summed E-state index contributed by atoms with van der Waals surface area (Å²) in [5.41, 5.74) is 8.54. The zero-order chi connectivity index (χ0) is 13.8. The Morgan fingerprint density at radius 3 is 2.84 bits per heavy atom. The molecule has 2 rings (SSSR count). The summed E-state index contributed by atoms with van der Waals surface area (Å²) in [6, 6.07) is 12.5. The van der Waals surface area contributed by atoms with Gasteiger partial charge in [0.05, 0.1) is 18.5 Å². The highest BCUT2D eigenvalue weighted by atomic mass is 32.1. The maximum Gasteiger partial charge on any atom is 0.0670 e. The topological polar surface area (TPSA) is 53.0 Å². The third kappa shape index (κ3) is 2.88. The number of benzene rings is 1. The van der Waals surface area contributed by atoms with Crippen LogP contribution in [0.15, 0.2) is 35.7 Å². The summed E-state index contributed by atoms with van der Waals surface area (Å²) in [4.78, 5) is 3.52. The van der Waals surface area contributed by atoms with E-state index < -0.39 is 0 Å². The van der Waals surface area contributed by atoms with E-state index in [1.165, 1.54) is 4.88 Å². The van der Waals surface area contributed by atoms with Crippen LogP contribution in [0.3, 0.4) is 0 Å². The van der Waals surface area contributed by atoms with Crippen molar-refractivity contribution in [2.24, 2.45) is 0 Å². The van der Waals surface area contributed by atoms with Gasteiger partial charge in [-0.05, 0) is 42.1 Å². The van der Waals surface area contributed by atoms with E-state index in [0.717, 1.165) is 11.3 Å². The Balaban J connectivity index is 2.26. The van der Waals surface area contributed by atoms with Crippen LogP contribution in [0.2, 0.25) is 0 Å². The van der Waals surface area contributed by atoms with Gasteiger partial charge in [-0.2, -0.15) is 5.26 Å². The fourth-order valence-electron chi connectivity index (χ4n) is 1.99. The van der Waals surface area contributed by atoms with Crippen molar-refractivity contribution in [3.05, 3.63) is 46.2 Å². The molecule has 98 valence electrons. The van der Waals surface area contributed by atoms with Crippen molar-refractivity contribution in [2.75, 3.05) is 17.7 Å². The van der Waals surface area contributed by atoms with Gasteiger partial charge in [-0.3, -0.25) is 0 Å². The lowest BCUT2D eigenvalue weighted by molar-refractivity contribution is 0.754. The highest BCUT2D eigenvalue weighted by molar-refractivity contribution is 7.10. The minimum absolute atomic E-state index is 0.304. The summed E-state index contributed by atoms with van der Waals surface area (Å²) in [5.74, 6) is 0. The van der Waals surface area contributed by atoms with Gasteiger partial charge in [0.15, 0.2) is 0 Å². The molecule has 2 N–H and O–H groups in total. The van der Waals surface area contributed by atoms with E-state index in [1.807, 2.05) is 18.2 Å². The number of anilines is 2. The molecule has 1 aromatic heterocycles. The maximum absolute atomic E-state index is 8.82. The second-order valence-electron chi connectivity index (χ2n) is 4.52. The van der Waals surface area contributed by atoms with Crippen molar-refractivity contribution in [3.63, 3.8) is 0 Å². The molecule has 3 nitrogen and oxygen atoms in total. The molecule has 1 atom stereocenters. The largest absolute Gasteiger partial charge is 0.398 e. The van der Waals surface area contributed by atoms with Crippen molar-refractivity contribution in [1.29, 1.82) is 5.26 Å². The fraction of sp³-hybridized carbons (Fsp3) is 0.267. The molecule has 0 bridgehead atoms. The molecule has 0 aliphatic carbocycles. The van der Waals surface area contributed by atoms with Gasteiger partial charge in [-0.25, -0.2) is 0 Å². The van der Waals surface area contributed by atoms with Gasteiger partial charge in [-0.1, -0.05) is 6.07 Å². The zero-order valence-electron chi connectivity index (χ0n) is 11.1. The molecule has 0 aliphatic rings. The number of nitriles is 1. The Labute approximate surface area is 117 Å². The molecule has 0 aliphatic heterocycles. The van der Waals surface area contributed by atoms with Crippen molar-refractivity contribution >= 4 is 22.7 Å². The lowest BCUT2D eigenvalue weighted by Crippen LogP contribution is -2.21. The first-order chi connectivity index (χ1) is 9.13. The van der Waals surface area contributed by atoms with Crippen LogP contribution in [0, 0.1) is 11.3 Å². The molecule has 0 fully saturated rings. The number of nitrogens with two attached hydrogens (primary N) is 1. The number of nitrogens with zero attached hydrogens (tertiary/aromatic N) is 2. The number of nitrogen functional groups attached to an aromatic ring is 1. The molecule has 1 unspecified atom stereocenters. The monoisotopic (exact) mass is 271 g/mol. The number of thiophene rings is 1. The third-order valence-corrected chi connectivity index (χ3v) is 4.38. The number of hydrogen-bond donors (Lipinski definition) is 1. The predicted molar refractivity (Wildman–Crippen MR) is 81.3 cm³/mol. The highest BCUT2D eigenvalue weighted by Crippen LogP contribution is 2.30. The number of hydrogen-bond acceptors (Lipinski definition) is 4. The Kier molecular flexibility index (Phi) is 4.08. The maximum atomic E-state index is 8.82. The molecule has 19 heavy (non-hydrogen) atoms. The van der Waals surface area contributed by atoms with Crippen LogP contribution in [0.4, 0.5) is 11.4 Å². The van der Waals surface area contributed by atoms with E-state index in [9.17, 15) is 0 Å². The van der Waals surface area contributed by atoms with Crippen LogP contribution < -0.4 is 10.6 Å². The van der Waals surface area contributed by atoms with Crippen LogP contribution in [0.5, 0.6) is 0 Å². The molecular weight excluding hydrogens is 254 g/mol. The first-order valence-corrected chi connectivity index (χ1v) is 7.03. The van der Waals surface area contributed by atoms with Crippen LogP contribution in [-0.2, 0) is 6.42 Å². The zero-order valence-corrected chi connectivity index (χ0v) is 11.9. The van der Waals surface area contributed by atoms with Gasteiger partial charge in [0.1, 0.15) is 0 Å². The Bertz CT molecular complexity index is 584. The summed E-state index contributed by atoms with van der Waals surface area (Å²) >= 11 is 1.75. The van der Waals surface area contributed by atoms with Crippen LogP contribution in [0.1, 0.15) is 23.4 Å². The first kappa shape index (κ1) is 13.4. The van der Waals surface area contributed by atoms with E-state index in [2.05, 4.69) is 42.5 Å². The average molecular weight is 271 g/mol. The average Bonchev–Trinajstić information content (AvgIpc) is 2.94. The molecule has 1 heterocycles. The summed E-state index contributed by atoms with van der Waals surface area (Å²) < 4.78 is 0. The summed E-state index contributed by atoms with van der Waals surface area (Å²) in [7, 11) is 2.06. The van der Waals surface area contributed by atoms with Crippen LogP contribution >= 0.6 is 11.3 Å². The predicted octanol–water partition coefficient (Wildman–Crippen LogP) is 3.59. The first-order valence-electron chi connectivity index (χ1n) is 6.15. The summed E-state index contributed by atoms with van der Waals surface area (Å²) in [6.07, 6.45) is 0.348. The molecule has 0 radical (unpaired) electrons. The standard InChI is InChI=1S/C15H17N3S/c1-11(15-4-3-9-19-15)18(2)13-5-6-14(17)12(10-13)7-8-16/h3-6,9-11H,7,17H2,1-2H3. The Morgan fingerprint density at radius 1 is 1.42 bits per heavy atom. The molecule has 4 heteroatoms. The van der Waals surface area contributed by atoms with Crippen molar-refractivity contribution < 1.29 is 0 Å². The second-order valence-corrected chi connectivity index (χ2v) is 5.50. The van der Waals surface area contributed by atoms with Gasteiger partial charge in [0.2, 0.25) is 0 Å². The lowest BCUT2D eigenvalue weighted by Gasteiger charge is -2.27. The second kappa shape index (κ2) is 5.77. The van der Waals surface area contributed by atoms with E-state index in [0.29, 0.717) is 18.2 Å². The summed E-state index contributed by atoms with van der Waals surface area (Å²) in [6.45, 7) is 2.17. The van der Waals surface area contributed by atoms with Gasteiger partial charge in [-0.15, -0.1) is 11.3 Å². The molecule has 0 spiro atoms. The SMILES string of the molecule is CC(c1cccs1)N(C)c1ccc(N)c(CC#N)c1. The molecule has 0 saturated carbocycles. The molecule has 0 amide bonds. The lowest BCUT2D eigenvalue weighted by atomic mass is 10.1. The minimum atomic E-state index is 0.304. The Hall–Kier alpha value is -1.99. The van der Waals surface area contributed by atoms with Crippen molar-refractivity contribution in [1.82, 2.24) is 0 Å². The van der Waals surface area contributed by atoms with Gasteiger partial charge in [0, 0.05) is 23.3 Å². The summed E-state index contributed by atoms with van der Waals surface area (Å²) in [5, 5.41) is 10.9. The molecule has 2 aromatic rings. The Morgan fingerprint density at radius 2 is 2.21 bits per heavy atom. The quantitative estimate of drug-likeness (QED) is 0.864. The van der Waals surface area contributed by atoms with Gasteiger partial charge < -0.3 is 10.6 Å². The van der Waals surface area contributed by atoms with Crippen molar-refractivity contribution in [3.8, 4) is 6.07 Å². The normalized spacial score (nSPS) is 11.8. The highest BCUT2D eigenvalue weighted by Gasteiger charge is 2.14. The smallest absolute Gasteiger partial charge is 0.0670 e. The van der Waals surface area contributed by atoms with E-state index in [4.69, 9.17) is 11.0 Å². The third-order valence-electron chi connectivity index (χ3n) is 3.34. The fourth-order valence-corrected chi connectivity index (χ4v) is 2.82. The van der Waals surface area contributed by atoms with Crippen LogP contribution in [-0.4, -0.2) is 7.05 Å². The van der Waals surface area contributed by atoms with Crippen LogP contribution in [0.25, 0.3) is 0 Å². The molecular formula is C15H17N3S. The van der Waals surface area contributed by atoms with E-state index in [-0.39, 0.29) is 0 Å². The van der Waals surface area contributed by atoms with Gasteiger partial charge in [0.25, 0.3) is 0 Å². The number of rotatable bonds is 4.